The van der Waals surface area contributed by atoms with Crippen molar-refractivity contribution in [1.82, 2.24) is 19.8 Å². The van der Waals surface area contributed by atoms with Crippen molar-refractivity contribution in [3.63, 3.8) is 0 Å². The van der Waals surface area contributed by atoms with E-state index in [1.165, 1.54) is 13.0 Å². The molecule has 1 aromatic rings. The van der Waals surface area contributed by atoms with Crippen LogP contribution < -0.4 is 0 Å². The summed E-state index contributed by atoms with van der Waals surface area (Å²) in [5.41, 5.74) is 0. The molecule has 1 saturated heterocycles. The van der Waals surface area contributed by atoms with Crippen molar-refractivity contribution in [3.8, 4) is 0 Å². The monoisotopic (exact) mass is 298 g/mol. The number of rotatable bonds is 4. The summed E-state index contributed by atoms with van der Waals surface area (Å²) >= 11 is 3.50. The van der Waals surface area contributed by atoms with E-state index in [2.05, 4.69) is 35.7 Å². The summed E-state index contributed by atoms with van der Waals surface area (Å²) in [4.78, 5) is 13.5. The molecule has 2 heterocycles. The number of nitrogens with zero attached hydrogens (tertiary/aromatic N) is 4. The predicted molar refractivity (Wildman–Crippen MR) is 72.2 cm³/mol. The molecule has 0 saturated carbocycles. The molecule has 0 bridgehead atoms. The molecule has 2 rings (SSSR count). The average molecular weight is 299 g/mol. The van der Waals surface area contributed by atoms with Gasteiger partial charge in [-0.05, 0) is 25.6 Å². The number of alkyl halides is 1. The molecule has 0 radical (unpaired) electrons. The van der Waals surface area contributed by atoms with Crippen LogP contribution in [0, 0.1) is 0 Å². The highest BCUT2D eigenvalue weighted by atomic mass is 79.9. The van der Waals surface area contributed by atoms with Crippen molar-refractivity contribution in [2.45, 2.75) is 13.0 Å². The quantitative estimate of drug-likeness (QED) is 0.786. The molecule has 0 spiro atoms. The number of halogens is 1. The molecule has 0 aromatic carbocycles. The predicted octanol–water partition coefficient (Wildman–Crippen LogP) is 1.38. The molecule has 4 nitrogen and oxygen atoms in total. The normalized spacial score (nSPS) is 19.1. The first-order valence-corrected chi connectivity index (χ1v) is 7.27. The number of aromatic nitrogens is 2. The van der Waals surface area contributed by atoms with E-state index in [9.17, 15) is 0 Å². The minimum absolute atomic E-state index is 0.878. The highest BCUT2D eigenvalue weighted by Gasteiger charge is 2.14. The van der Waals surface area contributed by atoms with Gasteiger partial charge >= 0.3 is 0 Å². The fourth-order valence-corrected chi connectivity index (χ4v) is 2.64. The second-order valence-electron chi connectivity index (χ2n) is 4.33. The van der Waals surface area contributed by atoms with Gasteiger partial charge in [0.15, 0.2) is 0 Å². The Morgan fingerprint density at radius 2 is 1.76 bits per heavy atom. The SMILES string of the molecule is BrCCN1CCCN(Cc2ncccn2)CC1. The lowest BCUT2D eigenvalue weighted by Crippen LogP contribution is -2.31. The Kier molecular flexibility index (Phi) is 5.35. The van der Waals surface area contributed by atoms with Crippen molar-refractivity contribution in [2.75, 3.05) is 38.1 Å². The molecule has 0 amide bonds. The van der Waals surface area contributed by atoms with Gasteiger partial charge in [-0.2, -0.15) is 0 Å². The van der Waals surface area contributed by atoms with Crippen molar-refractivity contribution >= 4 is 15.9 Å². The van der Waals surface area contributed by atoms with Crippen LogP contribution >= 0.6 is 15.9 Å². The molecule has 1 aliphatic heterocycles. The lowest BCUT2D eigenvalue weighted by Gasteiger charge is -2.20. The second kappa shape index (κ2) is 7.03. The van der Waals surface area contributed by atoms with Crippen LogP contribution in [0.1, 0.15) is 12.2 Å². The van der Waals surface area contributed by atoms with Gasteiger partial charge in [0.25, 0.3) is 0 Å². The van der Waals surface area contributed by atoms with Crippen LogP contribution in [0.3, 0.4) is 0 Å². The highest BCUT2D eigenvalue weighted by molar-refractivity contribution is 9.09. The first-order chi connectivity index (χ1) is 8.38. The summed E-state index contributed by atoms with van der Waals surface area (Å²) in [5.74, 6) is 0.932. The van der Waals surface area contributed by atoms with Crippen LogP contribution in [0.2, 0.25) is 0 Å². The summed E-state index contributed by atoms with van der Waals surface area (Å²) in [6, 6.07) is 1.86. The van der Waals surface area contributed by atoms with Crippen LogP contribution in [-0.4, -0.2) is 57.8 Å². The lowest BCUT2D eigenvalue weighted by molar-refractivity contribution is 0.254. The van der Waals surface area contributed by atoms with Crippen molar-refractivity contribution in [1.29, 1.82) is 0 Å². The first-order valence-electron chi connectivity index (χ1n) is 6.15. The van der Waals surface area contributed by atoms with Gasteiger partial charge in [0, 0.05) is 37.4 Å². The molecule has 0 aliphatic carbocycles. The third kappa shape index (κ3) is 4.33. The van der Waals surface area contributed by atoms with Gasteiger partial charge in [0.1, 0.15) is 5.82 Å². The van der Waals surface area contributed by atoms with E-state index in [4.69, 9.17) is 0 Å². The van der Waals surface area contributed by atoms with Gasteiger partial charge in [-0.3, -0.25) is 4.90 Å². The standard InChI is InChI=1S/C12H19BrN4/c13-3-8-16-6-2-7-17(10-9-16)11-12-14-4-1-5-15-12/h1,4-5H,2-3,6-11H2. The minimum Gasteiger partial charge on any atom is -0.301 e. The van der Waals surface area contributed by atoms with Gasteiger partial charge in [0.2, 0.25) is 0 Å². The van der Waals surface area contributed by atoms with Crippen molar-refractivity contribution in [2.24, 2.45) is 0 Å². The molecule has 0 atom stereocenters. The van der Waals surface area contributed by atoms with Crippen LogP contribution in [0.25, 0.3) is 0 Å². The fraction of sp³-hybridized carbons (Fsp3) is 0.667. The maximum atomic E-state index is 4.28. The smallest absolute Gasteiger partial charge is 0.142 e. The van der Waals surface area contributed by atoms with E-state index in [-0.39, 0.29) is 0 Å². The minimum atomic E-state index is 0.878. The van der Waals surface area contributed by atoms with E-state index >= 15 is 0 Å². The zero-order valence-electron chi connectivity index (χ0n) is 10.1. The lowest BCUT2D eigenvalue weighted by atomic mass is 10.3. The summed E-state index contributed by atoms with van der Waals surface area (Å²) < 4.78 is 0. The van der Waals surface area contributed by atoms with Gasteiger partial charge in [0.05, 0.1) is 6.54 Å². The maximum absolute atomic E-state index is 4.28. The Morgan fingerprint density at radius 1 is 1.06 bits per heavy atom. The molecule has 5 heteroatoms. The molecule has 1 fully saturated rings. The summed E-state index contributed by atoms with van der Waals surface area (Å²) in [6.07, 6.45) is 4.87. The maximum Gasteiger partial charge on any atom is 0.142 e. The zero-order chi connectivity index (χ0) is 11.9. The topological polar surface area (TPSA) is 32.3 Å². The molecule has 0 N–H and O–H groups in total. The van der Waals surface area contributed by atoms with E-state index in [0.717, 1.165) is 43.9 Å². The molecule has 0 unspecified atom stereocenters. The molecule has 94 valence electrons. The summed E-state index contributed by atoms with van der Waals surface area (Å²) in [5, 5.41) is 1.06. The Hall–Kier alpha value is -0.520. The molecule has 17 heavy (non-hydrogen) atoms. The highest BCUT2D eigenvalue weighted by Crippen LogP contribution is 2.06. The Morgan fingerprint density at radius 3 is 2.53 bits per heavy atom. The van der Waals surface area contributed by atoms with Crippen LogP contribution in [-0.2, 0) is 6.54 Å². The Bertz CT molecular complexity index is 320. The van der Waals surface area contributed by atoms with Crippen LogP contribution in [0.15, 0.2) is 18.5 Å². The largest absolute Gasteiger partial charge is 0.301 e. The van der Waals surface area contributed by atoms with E-state index in [1.54, 1.807) is 0 Å². The van der Waals surface area contributed by atoms with Gasteiger partial charge in [-0.25, -0.2) is 9.97 Å². The van der Waals surface area contributed by atoms with Gasteiger partial charge in [-0.15, -0.1) is 0 Å². The van der Waals surface area contributed by atoms with Gasteiger partial charge in [-0.1, -0.05) is 15.9 Å². The third-order valence-electron chi connectivity index (χ3n) is 3.07. The number of hydrogen-bond acceptors (Lipinski definition) is 4. The van der Waals surface area contributed by atoms with Crippen molar-refractivity contribution in [3.05, 3.63) is 24.3 Å². The molecular weight excluding hydrogens is 280 g/mol. The second-order valence-corrected chi connectivity index (χ2v) is 5.12. The summed E-state index contributed by atoms with van der Waals surface area (Å²) in [7, 11) is 0. The molecule has 1 aliphatic rings. The molecule has 1 aromatic heterocycles. The Labute approximate surface area is 111 Å². The first kappa shape index (κ1) is 12.9. The number of hydrogen-bond donors (Lipinski definition) is 0. The summed E-state index contributed by atoms with van der Waals surface area (Å²) in [6.45, 7) is 6.65. The fourth-order valence-electron chi connectivity index (χ4n) is 2.14. The average Bonchev–Trinajstić information content (AvgIpc) is 2.57. The zero-order valence-corrected chi connectivity index (χ0v) is 11.6. The van der Waals surface area contributed by atoms with E-state index in [1.807, 2.05) is 18.5 Å². The van der Waals surface area contributed by atoms with E-state index < -0.39 is 0 Å². The van der Waals surface area contributed by atoms with Crippen molar-refractivity contribution < 1.29 is 0 Å². The third-order valence-corrected chi connectivity index (χ3v) is 3.42. The van der Waals surface area contributed by atoms with Crippen LogP contribution in [0.5, 0.6) is 0 Å². The van der Waals surface area contributed by atoms with E-state index in [0.29, 0.717) is 0 Å². The van der Waals surface area contributed by atoms with Gasteiger partial charge < -0.3 is 4.90 Å². The molecular formula is C12H19BrN4. The Balaban J connectivity index is 1.83. The van der Waals surface area contributed by atoms with Crippen LogP contribution in [0.4, 0.5) is 0 Å².